The minimum Gasteiger partial charge on any atom is -0.504 e. The molecule has 4 N–H and O–H groups in total. The van der Waals surface area contributed by atoms with E-state index in [2.05, 4.69) is 16.4 Å². The van der Waals surface area contributed by atoms with Gasteiger partial charge in [0.15, 0.2) is 17.3 Å². The molecule has 0 radical (unpaired) electrons. The molecule has 222 valence electrons. The van der Waals surface area contributed by atoms with Crippen molar-refractivity contribution in [2.24, 2.45) is 0 Å². The standard InChI is InChI=1S/C34H34N2O7/c1-19-15-29(38)33(40)34(43-19)25(22-11-14-28(37)30(16-22)42-4)17-31(39)35-18-26(21-9-12-23(41-3)13-10-21)32-20(2)36-27-8-6-5-7-24(27)32/h5-16,25-26,36-37,40H,17-18H2,1-4H3,(H,35,39)/t25-,26-/m1/s1. The van der Waals surface area contributed by atoms with E-state index >= 15 is 0 Å². The molecule has 0 spiro atoms. The zero-order valence-electron chi connectivity index (χ0n) is 24.4. The Balaban J connectivity index is 1.49. The van der Waals surface area contributed by atoms with Crippen LogP contribution >= 0.6 is 0 Å². The highest BCUT2D eigenvalue weighted by Crippen LogP contribution is 2.38. The van der Waals surface area contributed by atoms with Crippen LogP contribution in [-0.4, -0.2) is 41.9 Å². The van der Waals surface area contributed by atoms with Crippen LogP contribution in [0.2, 0.25) is 0 Å². The summed E-state index contributed by atoms with van der Waals surface area (Å²) in [5, 5.41) is 25.0. The number of para-hydroxylation sites is 1. The predicted octanol–water partition coefficient (Wildman–Crippen LogP) is 5.64. The van der Waals surface area contributed by atoms with Crippen molar-refractivity contribution >= 4 is 16.8 Å². The number of aromatic nitrogens is 1. The monoisotopic (exact) mass is 582 g/mol. The molecular formula is C34H34N2O7. The zero-order valence-corrected chi connectivity index (χ0v) is 24.4. The van der Waals surface area contributed by atoms with Gasteiger partial charge in [-0.2, -0.15) is 0 Å². The molecule has 5 aromatic rings. The van der Waals surface area contributed by atoms with Gasteiger partial charge in [-0.05, 0) is 60.9 Å². The molecule has 0 saturated heterocycles. The number of H-pyrrole nitrogens is 1. The summed E-state index contributed by atoms with van der Waals surface area (Å²) in [5.41, 5.74) is 3.99. The third-order valence-electron chi connectivity index (χ3n) is 7.70. The van der Waals surface area contributed by atoms with Gasteiger partial charge in [0, 0.05) is 41.5 Å². The second kappa shape index (κ2) is 12.4. The number of carbonyl (C=O) groups is 1. The Morgan fingerprint density at radius 1 is 0.930 bits per heavy atom. The minimum atomic E-state index is -0.837. The summed E-state index contributed by atoms with van der Waals surface area (Å²) in [6, 6.07) is 21.6. The van der Waals surface area contributed by atoms with Crippen LogP contribution < -0.4 is 20.2 Å². The van der Waals surface area contributed by atoms with Gasteiger partial charge in [0.25, 0.3) is 0 Å². The molecule has 0 fully saturated rings. The normalized spacial score (nSPS) is 12.6. The number of aryl methyl sites for hydroxylation is 2. The first kappa shape index (κ1) is 29.3. The molecule has 9 heteroatoms. The number of aromatic hydroxyl groups is 2. The van der Waals surface area contributed by atoms with E-state index < -0.39 is 17.1 Å². The molecule has 2 atom stereocenters. The zero-order chi connectivity index (χ0) is 30.7. The van der Waals surface area contributed by atoms with Gasteiger partial charge < -0.3 is 34.4 Å². The van der Waals surface area contributed by atoms with Gasteiger partial charge >= 0.3 is 0 Å². The average molecular weight is 583 g/mol. The number of ether oxygens (including phenoxy) is 2. The van der Waals surface area contributed by atoms with Gasteiger partial charge in [0.05, 0.1) is 20.1 Å². The Kier molecular flexibility index (Phi) is 8.43. The van der Waals surface area contributed by atoms with Gasteiger partial charge in [0.1, 0.15) is 11.5 Å². The molecule has 0 saturated carbocycles. The van der Waals surface area contributed by atoms with E-state index in [1.54, 1.807) is 26.2 Å². The number of rotatable bonds is 10. The second-order valence-corrected chi connectivity index (χ2v) is 10.5. The molecule has 0 unspecified atom stereocenters. The number of phenolic OH excluding ortho intramolecular Hbond substituents is 1. The Morgan fingerprint density at radius 3 is 2.37 bits per heavy atom. The summed E-state index contributed by atoms with van der Waals surface area (Å²) in [4.78, 5) is 29.6. The minimum absolute atomic E-state index is 0.0351. The van der Waals surface area contributed by atoms with E-state index in [1.807, 2.05) is 49.4 Å². The molecule has 1 amide bonds. The summed E-state index contributed by atoms with van der Waals surface area (Å²) in [5.74, 6) is -0.825. The van der Waals surface area contributed by atoms with Crippen molar-refractivity contribution in [1.82, 2.24) is 10.3 Å². The molecular weight excluding hydrogens is 548 g/mol. The van der Waals surface area contributed by atoms with Gasteiger partial charge in [0.2, 0.25) is 17.1 Å². The van der Waals surface area contributed by atoms with Crippen molar-refractivity contribution in [3.8, 4) is 23.0 Å². The molecule has 0 aliphatic rings. The highest BCUT2D eigenvalue weighted by atomic mass is 16.5. The van der Waals surface area contributed by atoms with Gasteiger partial charge in [-0.3, -0.25) is 9.59 Å². The topological polar surface area (TPSA) is 134 Å². The summed E-state index contributed by atoms with van der Waals surface area (Å²) in [6.45, 7) is 3.90. The maximum atomic E-state index is 13.6. The molecule has 0 aliphatic heterocycles. The van der Waals surface area contributed by atoms with Crippen LogP contribution in [0, 0.1) is 13.8 Å². The van der Waals surface area contributed by atoms with E-state index in [-0.39, 0.29) is 42.0 Å². The fourth-order valence-corrected chi connectivity index (χ4v) is 5.58. The van der Waals surface area contributed by atoms with Gasteiger partial charge in [-0.15, -0.1) is 0 Å². The first-order valence-electron chi connectivity index (χ1n) is 13.9. The Labute approximate surface area is 248 Å². The van der Waals surface area contributed by atoms with Crippen molar-refractivity contribution in [2.75, 3.05) is 20.8 Å². The van der Waals surface area contributed by atoms with Crippen LogP contribution in [0.4, 0.5) is 0 Å². The molecule has 5 rings (SSSR count). The number of aromatic amines is 1. The SMILES string of the molecule is COc1ccc([C@@H](CNC(=O)C[C@H](c2ccc(O)c(OC)c2)c2oc(C)cc(=O)c2O)c2c(C)[nH]c3ccccc23)cc1. The Bertz CT molecular complexity index is 1820. The van der Waals surface area contributed by atoms with Crippen molar-refractivity contribution in [1.29, 1.82) is 0 Å². The maximum Gasteiger partial charge on any atom is 0.227 e. The van der Waals surface area contributed by atoms with Crippen LogP contribution in [0.25, 0.3) is 10.9 Å². The fraction of sp³-hybridized carbons (Fsp3) is 0.235. The largest absolute Gasteiger partial charge is 0.504 e. The molecule has 43 heavy (non-hydrogen) atoms. The lowest BCUT2D eigenvalue weighted by Gasteiger charge is -2.22. The summed E-state index contributed by atoms with van der Waals surface area (Å²) < 4.78 is 16.4. The second-order valence-electron chi connectivity index (χ2n) is 10.5. The number of hydrogen-bond acceptors (Lipinski definition) is 7. The van der Waals surface area contributed by atoms with Crippen molar-refractivity contribution < 1.29 is 28.9 Å². The Morgan fingerprint density at radius 2 is 1.65 bits per heavy atom. The van der Waals surface area contributed by atoms with E-state index in [4.69, 9.17) is 13.9 Å². The number of hydrogen-bond donors (Lipinski definition) is 4. The quantitative estimate of drug-likeness (QED) is 0.168. The van der Waals surface area contributed by atoms with Crippen molar-refractivity contribution in [3.63, 3.8) is 0 Å². The molecule has 2 aromatic heterocycles. The Hall–Kier alpha value is -5.18. The third kappa shape index (κ3) is 6.06. The van der Waals surface area contributed by atoms with E-state index in [9.17, 15) is 19.8 Å². The summed E-state index contributed by atoms with van der Waals surface area (Å²) in [6.07, 6.45) is -0.143. The number of nitrogens with one attached hydrogen (secondary N) is 2. The lowest BCUT2D eigenvalue weighted by molar-refractivity contribution is -0.121. The number of carbonyl (C=O) groups excluding carboxylic acids is 1. The molecule has 3 aromatic carbocycles. The lowest BCUT2D eigenvalue weighted by atomic mass is 9.88. The highest BCUT2D eigenvalue weighted by molar-refractivity contribution is 5.86. The number of fused-ring (bicyclic) bond motifs is 1. The summed E-state index contributed by atoms with van der Waals surface area (Å²) >= 11 is 0. The van der Waals surface area contributed by atoms with E-state index in [0.29, 0.717) is 11.3 Å². The third-order valence-corrected chi connectivity index (χ3v) is 7.70. The van der Waals surface area contributed by atoms with E-state index in [0.717, 1.165) is 33.5 Å². The summed E-state index contributed by atoms with van der Waals surface area (Å²) in [7, 11) is 3.03. The van der Waals surface area contributed by atoms with E-state index in [1.165, 1.54) is 19.2 Å². The molecule has 0 aliphatic carbocycles. The number of amides is 1. The predicted molar refractivity (Wildman–Crippen MR) is 163 cm³/mol. The lowest BCUT2D eigenvalue weighted by Crippen LogP contribution is -2.30. The average Bonchev–Trinajstić information content (AvgIpc) is 3.34. The molecule has 9 nitrogen and oxygen atoms in total. The first-order chi connectivity index (χ1) is 20.7. The number of methoxy groups -OCH3 is 2. The molecule has 0 bridgehead atoms. The van der Waals surface area contributed by atoms with Crippen molar-refractivity contribution in [2.45, 2.75) is 32.1 Å². The first-order valence-corrected chi connectivity index (χ1v) is 13.9. The van der Waals surface area contributed by atoms with Crippen LogP contribution in [0.15, 0.2) is 82.0 Å². The van der Waals surface area contributed by atoms with Crippen LogP contribution in [0.3, 0.4) is 0 Å². The molecule has 2 heterocycles. The van der Waals surface area contributed by atoms with Gasteiger partial charge in [-0.25, -0.2) is 0 Å². The van der Waals surface area contributed by atoms with Crippen LogP contribution in [-0.2, 0) is 4.79 Å². The van der Waals surface area contributed by atoms with Crippen LogP contribution in [0.5, 0.6) is 23.0 Å². The number of phenols is 1. The van der Waals surface area contributed by atoms with Crippen molar-refractivity contribution in [3.05, 3.63) is 117 Å². The van der Waals surface area contributed by atoms with Crippen LogP contribution in [0.1, 0.15) is 52.2 Å². The highest BCUT2D eigenvalue weighted by Gasteiger charge is 2.28. The van der Waals surface area contributed by atoms with Gasteiger partial charge in [-0.1, -0.05) is 36.4 Å². The maximum absolute atomic E-state index is 13.6. The number of benzene rings is 3. The fourth-order valence-electron chi connectivity index (χ4n) is 5.58. The smallest absolute Gasteiger partial charge is 0.227 e.